The van der Waals surface area contributed by atoms with Crippen molar-refractivity contribution in [2.24, 2.45) is 0 Å². The van der Waals surface area contributed by atoms with Crippen molar-refractivity contribution >= 4 is 25.1 Å². The van der Waals surface area contributed by atoms with E-state index in [1.165, 1.54) is 11.3 Å². The zero-order valence-electron chi connectivity index (χ0n) is 15.9. The standard InChI is InChI=1S/C20H29BN2O2/c1-20(2,3)25-19(24)22(4)16-6-8-17(9-7-16)23-12-11-14-13-15(21)5-10-18(14)23/h5,10,13,16-17H,6-9,11-12H2,1-4H3. The molecule has 0 atom stereocenters. The van der Waals surface area contributed by atoms with Crippen LogP contribution in [0.4, 0.5) is 10.5 Å². The molecule has 0 spiro atoms. The third-order valence-electron chi connectivity index (χ3n) is 5.37. The van der Waals surface area contributed by atoms with Crippen LogP contribution in [-0.4, -0.2) is 50.1 Å². The summed E-state index contributed by atoms with van der Waals surface area (Å²) in [5.74, 6) is 0. The molecule has 5 heteroatoms. The average Bonchev–Trinajstić information content (AvgIpc) is 2.95. The normalized spacial score (nSPS) is 23.3. The van der Waals surface area contributed by atoms with Gasteiger partial charge < -0.3 is 14.5 Å². The van der Waals surface area contributed by atoms with Crippen molar-refractivity contribution in [2.75, 3.05) is 18.5 Å². The van der Waals surface area contributed by atoms with E-state index in [0.29, 0.717) is 6.04 Å². The second-order valence-corrected chi connectivity index (χ2v) is 8.39. The molecule has 0 bridgehead atoms. The van der Waals surface area contributed by atoms with E-state index in [1.807, 2.05) is 33.9 Å². The number of carbonyl (C=O) groups excluding carboxylic acids is 1. The number of fused-ring (bicyclic) bond motifs is 1. The molecule has 1 fully saturated rings. The van der Waals surface area contributed by atoms with Crippen LogP contribution in [-0.2, 0) is 11.2 Å². The number of hydrogen-bond donors (Lipinski definition) is 0. The maximum Gasteiger partial charge on any atom is 0.410 e. The number of hydrogen-bond acceptors (Lipinski definition) is 3. The molecule has 1 amide bonds. The Balaban J connectivity index is 1.57. The summed E-state index contributed by atoms with van der Waals surface area (Å²) in [7, 11) is 7.78. The highest BCUT2D eigenvalue weighted by molar-refractivity contribution is 6.32. The Labute approximate surface area is 152 Å². The van der Waals surface area contributed by atoms with Crippen LogP contribution >= 0.6 is 0 Å². The lowest BCUT2D eigenvalue weighted by atomic mass is 9.89. The summed E-state index contributed by atoms with van der Waals surface area (Å²) in [5.41, 5.74) is 3.12. The number of nitrogens with zero attached hydrogens (tertiary/aromatic N) is 2. The first kappa shape index (κ1) is 18.2. The molecule has 0 aromatic heterocycles. The highest BCUT2D eigenvalue weighted by Gasteiger charge is 2.33. The van der Waals surface area contributed by atoms with Crippen molar-refractivity contribution in [1.82, 2.24) is 4.90 Å². The molecule has 2 radical (unpaired) electrons. The molecule has 1 saturated carbocycles. The smallest absolute Gasteiger partial charge is 0.410 e. The zero-order valence-corrected chi connectivity index (χ0v) is 15.9. The second-order valence-electron chi connectivity index (χ2n) is 8.39. The first-order valence-corrected chi connectivity index (χ1v) is 9.35. The molecule has 0 unspecified atom stereocenters. The van der Waals surface area contributed by atoms with Gasteiger partial charge in [0.2, 0.25) is 0 Å². The molecule has 134 valence electrons. The molecular weight excluding hydrogens is 311 g/mol. The van der Waals surface area contributed by atoms with Gasteiger partial charge in [-0.25, -0.2) is 4.79 Å². The minimum Gasteiger partial charge on any atom is -0.444 e. The van der Waals surface area contributed by atoms with E-state index in [1.54, 1.807) is 4.90 Å². The molecule has 1 aliphatic heterocycles. The Morgan fingerprint density at radius 2 is 1.92 bits per heavy atom. The van der Waals surface area contributed by atoms with E-state index in [2.05, 4.69) is 17.0 Å². The average molecular weight is 340 g/mol. The summed E-state index contributed by atoms with van der Waals surface area (Å²) >= 11 is 0. The zero-order chi connectivity index (χ0) is 18.2. The Morgan fingerprint density at radius 1 is 1.24 bits per heavy atom. The highest BCUT2D eigenvalue weighted by atomic mass is 16.6. The van der Waals surface area contributed by atoms with Crippen molar-refractivity contribution < 1.29 is 9.53 Å². The van der Waals surface area contributed by atoms with Crippen LogP contribution < -0.4 is 10.4 Å². The summed E-state index contributed by atoms with van der Waals surface area (Å²) in [6.45, 7) is 6.81. The predicted octanol–water partition coefficient (Wildman–Crippen LogP) is 3.02. The molecule has 1 aromatic carbocycles. The van der Waals surface area contributed by atoms with Crippen molar-refractivity contribution in [1.29, 1.82) is 0 Å². The van der Waals surface area contributed by atoms with Gasteiger partial charge in [0, 0.05) is 31.4 Å². The Hall–Kier alpha value is -1.65. The molecule has 2 aliphatic rings. The SMILES string of the molecule is [B]c1ccc2c(c1)CCN2C1CCC(N(C)C(=O)OC(C)(C)C)CC1. The molecule has 1 aromatic rings. The van der Waals surface area contributed by atoms with Gasteiger partial charge in [-0.15, -0.1) is 0 Å². The summed E-state index contributed by atoms with van der Waals surface area (Å²) in [6, 6.07) is 7.11. The fourth-order valence-electron chi connectivity index (χ4n) is 4.07. The van der Waals surface area contributed by atoms with E-state index in [9.17, 15) is 4.79 Å². The quantitative estimate of drug-likeness (QED) is 0.776. The number of carbonyl (C=O) groups is 1. The van der Waals surface area contributed by atoms with Crippen LogP contribution in [0.1, 0.15) is 52.0 Å². The largest absolute Gasteiger partial charge is 0.444 e. The third-order valence-corrected chi connectivity index (χ3v) is 5.37. The summed E-state index contributed by atoms with van der Waals surface area (Å²) in [4.78, 5) is 16.6. The van der Waals surface area contributed by atoms with E-state index in [-0.39, 0.29) is 12.1 Å². The summed E-state index contributed by atoms with van der Waals surface area (Å²) in [5, 5.41) is 0. The van der Waals surface area contributed by atoms with E-state index in [4.69, 9.17) is 12.6 Å². The van der Waals surface area contributed by atoms with Gasteiger partial charge in [0.1, 0.15) is 13.4 Å². The molecule has 3 rings (SSSR count). The molecule has 25 heavy (non-hydrogen) atoms. The number of rotatable bonds is 2. The second kappa shape index (κ2) is 6.93. The lowest BCUT2D eigenvalue weighted by Gasteiger charge is -2.39. The van der Waals surface area contributed by atoms with Crippen LogP contribution in [0.15, 0.2) is 18.2 Å². The van der Waals surface area contributed by atoms with Crippen molar-refractivity contribution in [3.63, 3.8) is 0 Å². The van der Waals surface area contributed by atoms with Gasteiger partial charge in [-0.05, 0) is 64.5 Å². The van der Waals surface area contributed by atoms with Crippen LogP contribution in [0.5, 0.6) is 0 Å². The monoisotopic (exact) mass is 340 g/mol. The molecule has 0 N–H and O–H groups in total. The van der Waals surface area contributed by atoms with E-state index < -0.39 is 5.60 Å². The molecule has 1 aliphatic carbocycles. The molecule has 0 saturated heterocycles. The van der Waals surface area contributed by atoms with Crippen molar-refractivity contribution in [2.45, 2.75) is 70.6 Å². The van der Waals surface area contributed by atoms with Crippen LogP contribution in [0.2, 0.25) is 0 Å². The first-order chi connectivity index (χ1) is 11.7. The number of amides is 1. The Kier molecular flexibility index (Phi) is 5.03. The minimum atomic E-state index is -0.441. The summed E-state index contributed by atoms with van der Waals surface area (Å²) < 4.78 is 5.50. The third kappa shape index (κ3) is 4.13. The highest BCUT2D eigenvalue weighted by Crippen LogP contribution is 2.34. The first-order valence-electron chi connectivity index (χ1n) is 9.35. The maximum atomic E-state index is 12.3. The number of ether oxygens (including phenoxy) is 1. The maximum absolute atomic E-state index is 12.3. The van der Waals surface area contributed by atoms with Crippen LogP contribution in [0.25, 0.3) is 0 Å². The number of benzene rings is 1. The molecule has 4 nitrogen and oxygen atoms in total. The van der Waals surface area contributed by atoms with Gasteiger partial charge in [0.05, 0.1) is 0 Å². The van der Waals surface area contributed by atoms with Crippen LogP contribution in [0.3, 0.4) is 0 Å². The molecule has 1 heterocycles. The van der Waals surface area contributed by atoms with Gasteiger partial charge in [-0.1, -0.05) is 17.6 Å². The Bertz CT molecular complexity index is 633. The van der Waals surface area contributed by atoms with Crippen molar-refractivity contribution in [3.05, 3.63) is 23.8 Å². The van der Waals surface area contributed by atoms with Gasteiger partial charge in [-0.2, -0.15) is 0 Å². The van der Waals surface area contributed by atoms with Crippen molar-refractivity contribution in [3.8, 4) is 0 Å². The molecular formula is C20H29BN2O2. The van der Waals surface area contributed by atoms with E-state index in [0.717, 1.165) is 44.1 Å². The predicted molar refractivity (Wildman–Crippen MR) is 103 cm³/mol. The van der Waals surface area contributed by atoms with E-state index >= 15 is 0 Å². The number of anilines is 1. The summed E-state index contributed by atoms with van der Waals surface area (Å²) in [6.07, 6.45) is 5.15. The topological polar surface area (TPSA) is 32.8 Å². The lowest BCUT2D eigenvalue weighted by molar-refractivity contribution is 0.0183. The van der Waals surface area contributed by atoms with Crippen LogP contribution in [0, 0.1) is 0 Å². The van der Waals surface area contributed by atoms with Gasteiger partial charge in [-0.3, -0.25) is 0 Å². The fourth-order valence-corrected chi connectivity index (χ4v) is 4.07. The van der Waals surface area contributed by atoms with Gasteiger partial charge >= 0.3 is 6.09 Å². The Morgan fingerprint density at radius 3 is 2.56 bits per heavy atom. The lowest BCUT2D eigenvalue weighted by Crippen LogP contribution is -2.45. The van der Waals surface area contributed by atoms with Gasteiger partial charge in [0.25, 0.3) is 0 Å². The minimum absolute atomic E-state index is 0.210. The fraction of sp³-hybridized carbons (Fsp3) is 0.650. The van der Waals surface area contributed by atoms with Gasteiger partial charge in [0.15, 0.2) is 0 Å².